The van der Waals surface area contributed by atoms with E-state index in [1.165, 1.54) is 7.11 Å². The summed E-state index contributed by atoms with van der Waals surface area (Å²) in [6.07, 6.45) is 0.545. The fourth-order valence-electron chi connectivity index (χ4n) is 1.40. The number of carbonyl (C=O) groups excluding carboxylic acids is 2. The molecule has 0 aliphatic rings. The van der Waals surface area contributed by atoms with E-state index in [-0.39, 0.29) is 17.7 Å². The van der Waals surface area contributed by atoms with Crippen LogP contribution in [-0.4, -0.2) is 31.1 Å². The summed E-state index contributed by atoms with van der Waals surface area (Å²) in [5.41, 5.74) is 5.72. The van der Waals surface area contributed by atoms with Crippen LogP contribution in [-0.2, 0) is 14.3 Å². The fourth-order valence-corrected chi connectivity index (χ4v) is 1.40. The van der Waals surface area contributed by atoms with Gasteiger partial charge in [-0.15, -0.1) is 0 Å². The van der Waals surface area contributed by atoms with Crippen molar-refractivity contribution in [3.8, 4) is 0 Å². The first-order valence-corrected chi connectivity index (χ1v) is 5.93. The number of nitrogens with one attached hydrogen (secondary N) is 1. The molecule has 2 atom stereocenters. The van der Waals surface area contributed by atoms with Gasteiger partial charge < -0.3 is 15.8 Å². The highest BCUT2D eigenvalue weighted by Gasteiger charge is 2.26. The normalized spacial score (nSPS) is 14.6. The van der Waals surface area contributed by atoms with E-state index in [0.29, 0.717) is 6.42 Å². The van der Waals surface area contributed by atoms with Gasteiger partial charge in [-0.25, -0.2) is 4.79 Å². The van der Waals surface area contributed by atoms with E-state index in [2.05, 4.69) is 10.1 Å². The zero-order valence-corrected chi connectivity index (χ0v) is 11.3. The first kappa shape index (κ1) is 15.9. The second-order valence-corrected chi connectivity index (χ2v) is 4.98. The van der Waals surface area contributed by atoms with Crippen LogP contribution in [0.15, 0.2) is 0 Å². The molecule has 0 saturated carbocycles. The van der Waals surface area contributed by atoms with Crippen molar-refractivity contribution in [1.82, 2.24) is 5.32 Å². The van der Waals surface area contributed by atoms with E-state index >= 15 is 0 Å². The monoisotopic (exact) mass is 244 g/mol. The summed E-state index contributed by atoms with van der Waals surface area (Å²) >= 11 is 0. The Kier molecular flexibility index (Phi) is 6.80. The van der Waals surface area contributed by atoms with Gasteiger partial charge in [0.25, 0.3) is 0 Å². The van der Waals surface area contributed by atoms with E-state index in [9.17, 15) is 9.59 Å². The first-order chi connectivity index (χ1) is 7.79. The molecule has 0 fully saturated rings. The molecule has 100 valence electrons. The summed E-state index contributed by atoms with van der Waals surface area (Å²) in [4.78, 5) is 23.3. The second kappa shape index (κ2) is 7.27. The molecule has 5 heteroatoms. The van der Waals surface area contributed by atoms with Crippen molar-refractivity contribution in [3.05, 3.63) is 0 Å². The summed E-state index contributed by atoms with van der Waals surface area (Å²) in [7, 11) is 1.31. The Bertz CT molecular complexity index is 264. The molecule has 0 radical (unpaired) electrons. The molecule has 0 aromatic carbocycles. The zero-order chi connectivity index (χ0) is 13.6. The number of esters is 1. The number of methoxy groups -OCH3 is 1. The van der Waals surface area contributed by atoms with Gasteiger partial charge in [0.15, 0.2) is 0 Å². The predicted octanol–water partition coefficient (Wildman–Crippen LogP) is 0.674. The minimum absolute atomic E-state index is 0.0346. The molecule has 0 aliphatic heterocycles. The Morgan fingerprint density at radius 1 is 1.24 bits per heavy atom. The van der Waals surface area contributed by atoms with Crippen LogP contribution < -0.4 is 11.1 Å². The summed E-state index contributed by atoms with van der Waals surface area (Å²) in [5, 5.41) is 2.64. The van der Waals surface area contributed by atoms with E-state index in [4.69, 9.17) is 5.73 Å². The Labute approximate surface area is 103 Å². The number of amides is 1. The van der Waals surface area contributed by atoms with Gasteiger partial charge in [0.1, 0.15) is 6.04 Å². The van der Waals surface area contributed by atoms with E-state index in [0.717, 1.165) is 0 Å². The van der Waals surface area contributed by atoms with Crippen LogP contribution in [0.5, 0.6) is 0 Å². The molecule has 1 unspecified atom stereocenters. The lowest BCUT2D eigenvalue weighted by molar-refractivity contribution is -0.145. The molecular weight excluding hydrogens is 220 g/mol. The maximum absolute atomic E-state index is 11.8. The van der Waals surface area contributed by atoms with Gasteiger partial charge in [-0.1, -0.05) is 27.7 Å². The average molecular weight is 244 g/mol. The van der Waals surface area contributed by atoms with Crippen molar-refractivity contribution >= 4 is 11.9 Å². The third-order valence-electron chi connectivity index (χ3n) is 2.53. The summed E-state index contributed by atoms with van der Waals surface area (Å²) in [5.74, 6) is -0.416. The Morgan fingerprint density at radius 3 is 2.12 bits per heavy atom. The SMILES string of the molecule is COC(=O)C(CC(C)C)NC(=O)[C@@H](N)C(C)C. The lowest BCUT2D eigenvalue weighted by Gasteiger charge is -2.22. The molecule has 0 rings (SSSR count). The minimum atomic E-state index is -0.614. The van der Waals surface area contributed by atoms with E-state index in [1.54, 1.807) is 0 Å². The molecule has 3 N–H and O–H groups in total. The van der Waals surface area contributed by atoms with E-state index < -0.39 is 18.1 Å². The standard InChI is InChI=1S/C12H24N2O3/c1-7(2)6-9(12(16)17-5)14-11(15)10(13)8(3)4/h7-10H,6,13H2,1-5H3,(H,14,15)/t9?,10-/m0/s1. The molecule has 0 spiro atoms. The lowest BCUT2D eigenvalue weighted by Crippen LogP contribution is -2.50. The molecule has 0 heterocycles. The van der Waals surface area contributed by atoms with Crippen molar-refractivity contribution in [2.24, 2.45) is 17.6 Å². The molecule has 0 saturated heterocycles. The van der Waals surface area contributed by atoms with Gasteiger partial charge in [0, 0.05) is 0 Å². The highest BCUT2D eigenvalue weighted by atomic mass is 16.5. The number of hydrogen-bond donors (Lipinski definition) is 2. The van der Waals surface area contributed by atoms with Crippen LogP contribution in [0, 0.1) is 11.8 Å². The number of nitrogens with two attached hydrogens (primary N) is 1. The Morgan fingerprint density at radius 2 is 1.76 bits per heavy atom. The summed E-state index contributed by atoms with van der Waals surface area (Å²) in [6, 6.07) is -1.22. The maximum atomic E-state index is 11.8. The van der Waals surface area contributed by atoms with Gasteiger partial charge in [0.05, 0.1) is 13.2 Å². The number of carbonyl (C=O) groups is 2. The van der Waals surface area contributed by atoms with Crippen LogP contribution in [0.2, 0.25) is 0 Å². The number of rotatable bonds is 6. The quantitative estimate of drug-likeness (QED) is 0.673. The van der Waals surface area contributed by atoms with Crippen LogP contribution in [0.4, 0.5) is 0 Å². The molecule has 0 aromatic heterocycles. The molecular formula is C12H24N2O3. The number of hydrogen-bond acceptors (Lipinski definition) is 4. The van der Waals surface area contributed by atoms with Gasteiger partial charge >= 0.3 is 5.97 Å². The third-order valence-corrected chi connectivity index (χ3v) is 2.53. The van der Waals surface area contributed by atoms with Crippen molar-refractivity contribution in [2.75, 3.05) is 7.11 Å². The van der Waals surface area contributed by atoms with Crippen molar-refractivity contribution in [2.45, 2.75) is 46.2 Å². The maximum Gasteiger partial charge on any atom is 0.328 e. The molecule has 0 aliphatic carbocycles. The summed E-state index contributed by atoms with van der Waals surface area (Å²) < 4.78 is 4.66. The molecule has 0 bridgehead atoms. The highest BCUT2D eigenvalue weighted by molar-refractivity contribution is 5.87. The van der Waals surface area contributed by atoms with Crippen LogP contribution in [0.1, 0.15) is 34.1 Å². The van der Waals surface area contributed by atoms with Gasteiger partial charge in [-0.05, 0) is 18.3 Å². The largest absolute Gasteiger partial charge is 0.467 e. The fraction of sp³-hybridized carbons (Fsp3) is 0.833. The third kappa shape index (κ3) is 5.68. The number of ether oxygens (including phenoxy) is 1. The molecule has 5 nitrogen and oxygen atoms in total. The molecule has 17 heavy (non-hydrogen) atoms. The zero-order valence-electron chi connectivity index (χ0n) is 11.3. The average Bonchev–Trinajstić information content (AvgIpc) is 2.24. The van der Waals surface area contributed by atoms with Crippen LogP contribution in [0.25, 0.3) is 0 Å². The molecule has 1 amide bonds. The highest BCUT2D eigenvalue weighted by Crippen LogP contribution is 2.07. The Hall–Kier alpha value is -1.10. The topological polar surface area (TPSA) is 81.4 Å². The lowest BCUT2D eigenvalue weighted by atomic mass is 10.0. The van der Waals surface area contributed by atoms with Gasteiger partial charge in [-0.3, -0.25) is 4.79 Å². The van der Waals surface area contributed by atoms with Crippen molar-refractivity contribution < 1.29 is 14.3 Å². The Balaban J connectivity index is 4.53. The van der Waals surface area contributed by atoms with Crippen molar-refractivity contribution in [3.63, 3.8) is 0 Å². The van der Waals surface area contributed by atoms with E-state index in [1.807, 2.05) is 27.7 Å². The smallest absolute Gasteiger partial charge is 0.328 e. The first-order valence-electron chi connectivity index (χ1n) is 5.93. The summed E-state index contributed by atoms with van der Waals surface area (Å²) in [6.45, 7) is 7.68. The van der Waals surface area contributed by atoms with Crippen molar-refractivity contribution in [1.29, 1.82) is 0 Å². The second-order valence-electron chi connectivity index (χ2n) is 4.98. The molecule has 0 aromatic rings. The van der Waals surface area contributed by atoms with Crippen LogP contribution >= 0.6 is 0 Å². The van der Waals surface area contributed by atoms with Gasteiger partial charge in [0.2, 0.25) is 5.91 Å². The van der Waals surface area contributed by atoms with Gasteiger partial charge in [-0.2, -0.15) is 0 Å². The minimum Gasteiger partial charge on any atom is -0.467 e. The predicted molar refractivity (Wildman–Crippen MR) is 66.2 cm³/mol. The van der Waals surface area contributed by atoms with Crippen LogP contribution in [0.3, 0.4) is 0 Å².